The number of rotatable bonds is 5. The molecule has 6 heteroatoms. The maximum atomic E-state index is 6.02. The number of hydrogen-bond donors (Lipinski definition) is 0. The van der Waals surface area contributed by atoms with E-state index in [1.807, 2.05) is 30.9 Å². The fourth-order valence-corrected chi connectivity index (χ4v) is 2.15. The molecule has 0 aromatic carbocycles. The van der Waals surface area contributed by atoms with E-state index in [9.17, 15) is 0 Å². The van der Waals surface area contributed by atoms with Crippen molar-refractivity contribution in [2.24, 2.45) is 0 Å². The van der Waals surface area contributed by atoms with E-state index in [0.29, 0.717) is 0 Å². The average molecular weight is 309 g/mol. The monoisotopic (exact) mass is 309 g/mol. The molecule has 2 heterocycles. The van der Waals surface area contributed by atoms with Crippen molar-refractivity contribution in [2.75, 3.05) is 20.6 Å². The van der Waals surface area contributed by atoms with Crippen molar-refractivity contribution >= 4 is 12.6 Å². The topological polar surface area (TPSA) is 39.5 Å². The van der Waals surface area contributed by atoms with Gasteiger partial charge in [-0.25, -0.2) is 0 Å². The van der Waals surface area contributed by atoms with Gasteiger partial charge in [0.1, 0.15) is 0 Å². The van der Waals surface area contributed by atoms with Crippen molar-refractivity contribution < 1.29 is 9.31 Å². The van der Waals surface area contributed by atoms with Crippen LogP contribution < -0.4 is 5.46 Å². The van der Waals surface area contributed by atoms with Crippen LogP contribution >= 0.6 is 0 Å². The quantitative estimate of drug-likeness (QED) is 0.782. The first-order chi connectivity index (χ1) is 10.2. The Bertz CT molecular complexity index is 442. The van der Waals surface area contributed by atoms with Gasteiger partial charge >= 0.3 is 7.12 Å². The zero-order valence-corrected chi connectivity index (χ0v) is 15.5. The molecule has 0 atom stereocenters. The van der Waals surface area contributed by atoms with Gasteiger partial charge in [-0.3, -0.25) is 4.68 Å². The average Bonchev–Trinajstić information content (AvgIpc) is 2.95. The van der Waals surface area contributed by atoms with Crippen molar-refractivity contribution in [2.45, 2.75) is 65.7 Å². The number of hydrogen-bond acceptors (Lipinski definition) is 4. The van der Waals surface area contributed by atoms with E-state index < -0.39 is 0 Å². The molecule has 1 aliphatic heterocycles. The minimum absolute atomic E-state index is 0.301. The van der Waals surface area contributed by atoms with E-state index in [4.69, 9.17) is 9.31 Å². The highest BCUT2D eigenvalue weighted by molar-refractivity contribution is 6.61. The molecule has 0 unspecified atom stereocenters. The molecule has 22 heavy (non-hydrogen) atoms. The second-order valence-corrected chi connectivity index (χ2v) is 6.78. The Kier molecular flexibility index (Phi) is 6.65. The third-order valence-electron chi connectivity index (χ3n) is 4.17. The molecule has 5 nitrogen and oxygen atoms in total. The molecule has 0 bridgehead atoms. The van der Waals surface area contributed by atoms with E-state index >= 15 is 0 Å². The second kappa shape index (κ2) is 7.62. The fraction of sp³-hybridized carbons (Fsp3) is 0.812. The van der Waals surface area contributed by atoms with Gasteiger partial charge in [-0.2, -0.15) is 5.10 Å². The van der Waals surface area contributed by atoms with Gasteiger partial charge in [-0.1, -0.05) is 13.8 Å². The Morgan fingerprint density at radius 3 is 2.18 bits per heavy atom. The van der Waals surface area contributed by atoms with E-state index in [-0.39, 0.29) is 18.3 Å². The molecule has 0 saturated carbocycles. The van der Waals surface area contributed by atoms with Gasteiger partial charge in [0.25, 0.3) is 0 Å². The first-order valence-electron chi connectivity index (χ1n) is 8.24. The summed E-state index contributed by atoms with van der Waals surface area (Å²) in [7, 11) is 3.85. The zero-order chi connectivity index (χ0) is 17.0. The van der Waals surface area contributed by atoms with Crippen LogP contribution in [0.4, 0.5) is 0 Å². The molecule has 1 aliphatic rings. The van der Waals surface area contributed by atoms with Crippen molar-refractivity contribution in [3.63, 3.8) is 0 Å². The number of aryl methyl sites for hydroxylation is 1. The fourth-order valence-electron chi connectivity index (χ4n) is 2.15. The first-order valence-corrected chi connectivity index (χ1v) is 8.24. The summed E-state index contributed by atoms with van der Waals surface area (Å²) in [5.41, 5.74) is 0.392. The molecule has 0 aliphatic carbocycles. The Morgan fingerprint density at radius 1 is 1.14 bits per heavy atom. The molecular formula is C16H32BN3O2. The molecule has 2 rings (SSSR count). The third kappa shape index (κ3) is 4.57. The van der Waals surface area contributed by atoms with Crippen LogP contribution in [0.2, 0.25) is 0 Å². The summed E-state index contributed by atoms with van der Waals surface area (Å²) in [5, 5.41) is 4.39. The smallest absolute Gasteiger partial charge is 0.399 e. The van der Waals surface area contributed by atoms with Crippen LogP contribution in [0.15, 0.2) is 12.4 Å². The molecule has 1 fully saturated rings. The van der Waals surface area contributed by atoms with Gasteiger partial charge in [-0.05, 0) is 54.8 Å². The SMILES string of the molecule is CC.CN(C)CCCn1cc(B2OC(C)(C)C(C)(C)O2)cn1. The predicted octanol–water partition coefficient (Wildman–Crippen LogP) is 2.16. The van der Waals surface area contributed by atoms with Crippen molar-refractivity contribution in [1.29, 1.82) is 0 Å². The normalized spacial score (nSPS) is 19.2. The molecule has 0 N–H and O–H groups in total. The molecule has 1 saturated heterocycles. The van der Waals surface area contributed by atoms with Crippen LogP contribution in [-0.4, -0.2) is 53.6 Å². The zero-order valence-electron chi connectivity index (χ0n) is 15.5. The number of nitrogens with zero attached hydrogens (tertiary/aromatic N) is 3. The van der Waals surface area contributed by atoms with Crippen LogP contribution in [0, 0.1) is 0 Å². The molecule has 0 amide bonds. The van der Waals surface area contributed by atoms with Crippen molar-refractivity contribution in [3.05, 3.63) is 12.4 Å². The van der Waals surface area contributed by atoms with E-state index in [0.717, 1.165) is 25.0 Å². The Morgan fingerprint density at radius 2 is 1.68 bits per heavy atom. The van der Waals surface area contributed by atoms with Crippen LogP contribution in [0.25, 0.3) is 0 Å². The van der Waals surface area contributed by atoms with E-state index in [1.165, 1.54) is 0 Å². The van der Waals surface area contributed by atoms with Gasteiger partial charge in [0.15, 0.2) is 0 Å². The lowest BCUT2D eigenvalue weighted by Crippen LogP contribution is -2.41. The molecular weight excluding hydrogens is 277 g/mol. The molecule has 126 valence electrons. The summed E-state index contributed by atoms with van der Waals surface area (Å²) >= 11 is 0. The maximum Gasteiger partial charge on any atom is 0.498 e. The Balaban J connectivity index is 0.00000116. The standard InChI is InChI=1S/C14H26BN3O2.C2H6/c1-13(2)14(3,4)20-15(19-13)12-10-16-18(11-12)9-7-8-17(5)6;1-2/h10-11H,7-9H2,1-6H3;1-2H3. The molecule has 1 aromatic rings. The number of aromatic nitrogens is 2. The van der Waals surface area contributed by atoms with Crippen molar-refractivity contribution in [3.8, 4) is 0 Å². The highest BCUT2D eigenvalue weighted by Crippen LogP contribution is 2.36. The highest BCUT2D eigenvalue weighted by Gasteiger charge is 2.52. The second-order valence-electron chi connectivity index (χ2n) is 6.78. The Hall–Kier alpha value is -0.845. The van der Waals surface area contributed by atoms with E-state index in [2.05, 4.69) is 51.8 Å². The highest BCUT2D eigenvalue weighted by atomic mass is 16.7. The first kappa shape index (κ1) is 19.2. The summed E-state index contributed by atoms with van der Waals surface area (Å²) in [6, 6.07) is 0. The van der Waals surface area contributed by atoms with Gasteiger partial charge in [0, 0.05) is 24.4 Å². The Labute approximate surface area is 136 Å². The van der Waals surface area contributed by atoms with E-state index in [1.54, 1.807) is 0 Å². The van der Waals surface area contributed by atoms with Gasteiger partial charge in [-0.15, -0.1) is 0 Å². The summed E-state index contributed by atoms with van der Waals surface area (Å²) < 4.78 is 14.0. The minimum Gasteiger partial charge on any atom is -0.399 e. The van der Waals surface area contributed by atoms with Crippen LogP contribution in [0.1, 0.15) is 48.0 Å². The molecule has 0 spiro atoms. The van der Waals surface area contributed by atoms with Crippen molar-refractivity contribution in [1.82, 2.24) is 14.7 Å². The van der Waals surface area contributed by atoms with Gasteiger partial charge in [0.2, 0.25) is 0 Å². The molecule has 0 radical (unpaired) electrons. The predicted molar refractivity (Wildman–Crippen MR) is 92.5 cm³/mol. The lowest BCUT2D eigenvalue weighted by molar-refractivity contribution is 0.00578. The summed E-state index contributed by atoms with van der Waals surface area (Å²) in [4.78, 5) is 2.18. The summed E-state index contributed by atoms with van der Waals surface area (Å²) in [5.74, 6) is 0. The summed E-state index contributed by atoms with van der Waals surface area (Å²) in [6.45, 7) is 14.2. The lowest BCUT2D eigenvalue weighted by atomic mass is 9.82. The molecule has 1 aromatic heterocycles. The maximum absolute atomic E-state index is 6.02. The largest absolute Gasteiger partial charge is 0.498 e. The third-order valence-corrected chi connectivity index (χ3v) is 4.17. The summed E-state index contributed by atoms with van der Waals surface area (Å²) in [6.07, 6.45) is 4.95. The van der Waals surface area contributed by atoms with Gasteiger partial charge in [0.05, 0.1) is 11.2 Å². The van der Waals surface area contributed by atoms with Crippen LogP contribution in [0.3, 0.4) is 0 Å². The minimum atomic E-state index is -0.317. The van der Waals surface area contributed by atoms with Gasteiger partial charge < -0.3 is 14.2 Å². The lowest BCUT2D eigenvalue weighted by Gasteiger charge is -2.32. The van der Waals surface area contributed by atoms with Crippen LogP contribution in [-0.2, 0) is 15.9 Å². The van der Waals surface area contributed by atoms with Crippen LogP contribution in [0.5, 0.6) is 0 Å².